The largest absolute Gasteiger partial charge is 0.506 e. The van der Waals surface area contributed by atoms with Gasteiger partial charge in [-0.3, -0.25) is 12.9 Å². The van der Waals surface area contributed by atoms with E-state index in [1.54, 1.807) is 0 Å². The van der Waals surface area contributed by atoms with Crippen LogP contribution in [0.1, 0.15) is 25.7 Å². The number of rotatable bonds is 6. The molecule has 0 atom stereocenters. The molecule has 2 nitrogen and oxygen atoms in total. The normalized spacial score (nSPS) is 10.4. The maximum Gasteiger partial charge on any atom is 0.506 e. The fourth-order valence-electron chi connectivity index (χ4n) is 1.31. The SMILES string of the molecule is CCOC(OCC)c1cc[c]([Mg][Br])cc1. The van der Waals surface area contributed by atoms with E-state index in [4.69, 9.17) is 9.47 Å². The quantitative estimate of drug-likeness (QED) is 0.589. The van der Waals surface area contributed by atoms with Gasteiger partial charge in [-0.05, 0) is 13.8 Å². The van der Waals surface area contributed by atoms with E-state index in [0.717, 1.165) is 5.56 Å². The summed E-state index contributed by atoms with van der Waals surface area (Å²) >= 11 is 3.32. The molecule has 0 aliphatic heterocycles. The summed E-state index contributed by atoms with van der Waals surface area (Å²) in [5.74, 6) is 0. The Morgan fingerprint density at radius 2 is 1.67 bits per heavy atom. The number of ether oxygens (including phenoxy) is 2. The van der Waals surface area contributed by atoms with E-state index in [2.05, 4.69) is 37.1 Å². The Kier molecular flexibility index (Phi) is 6.84. The van der Waals surface area contributed by atoms with Gasteiger partial charge in [-0.1, -0.05) is 24.3 Å². The molecule has 0 heterocycles. The minimum Gasteiger partial charge on any atom is -0.349 e. The summed E-state index contributed by atoms with van der Waals surface area (Å²) in [7, 11) is 0. The summed E-state index contributed by atoms with van der Waals surface area (Å²) in [5.41, 5.74) is 1.09. The maximum absolute atomic E-state index is 5.52. The van der Waals surface area contributed by atoms with E-state index in [-0.39, 0.29) is 24.5 Å². The van der Waals surface area contributed by atoms with Crippen molar-refractivity contribution in [3.05, 3.63) is 29.8 Å². The second-order valence-corrected chi connectivity index (χ2v) is 5.88. The van der Waals surface area contributed by atoms with E-state index in [1.807, 2.05) is 13.8 Å². The third-order valence-electron chi connectivity index (χ3n) is 2.04. The Morgan fingerprint density at radius 3 is 2.07 bits per heavy atom. The molecule has 0 unspecified atom stereocenters. The van der Waals surface area contributed by atoms with Crippen LogP contribution in [0.3, 0.4) is 0 Å². The Balaban J connectivity index is 2.72. The van der Waals surface area contributed by atoms with Crippen LogP contribution in [0.25, 0.3) is 0 Å². The third kappa shape index (κ3) is 4.40. The van der Waals surface area contributed by atoms with Gasteiger partial charge in [0.25, 0.3) is 0 Å². The van der Waals surface area contributed by atoms with Crippen LogP contribution in [0, 0.1) is 0 Å². The van der Waals surface area contributed by atoms with E-state index in [9.17, 15) is 0 Å². The molecule has 0 aromatic heterocycles. The van der Waals surface area contributed by atoms with Crippen LogP contribution in [0.5, 0.6) is 0 Å². The van der Waals surface area contributed by atoms with E-state index in [0.29, 0.717) is 13.2 Å². The van der Waals surface area contributed by atoms with Crippen molar-refractivity contribution in [3.63, 3.8) is 0 Å². The van der Waals surface area contributed by atoms with Gasteiger partial charge in [-0.25, -0.2) is 0 Å². The Labute approximate surface area is 107 Å². The predicted molar refractivity (Wildman–Crippen MR) is 66.8 cm³/mol. The van der Waals surface area contributed by atoms with Gasteiger partial charge in [0.2, 0.25) is 0 Å². The molecule has 80 valence electrons. The van der Waals surface area contributed by atoms with Crippen LogP contribution in [-0.4, -0.2) is 31.4 Å². The number of halogens is 1. The fourth-order valence-corrected chi connectivity index (χ4v) is 2.84. The smallest absolute Gasteiger partial charge is 0.349 e. The molecule has 0 fully saturated rings. The number of hydrogen-bond donors (Lipinski definition) is 0. The summed E-state index contributed by atoms with van der Waals surface area (Å²) in [6.07, 6.45) is -0.217. The van der Waals surface area contributed by atoms with Gasteiger partial charge in [0.15, 0.2) is 6.29 Å². The Bertz CT molecular complexity index is 270. The molecule has 0 spiro atoms. The Hall–Kier alpha value is 0.386. The monoisotopic (exact) mass is 282 g/mol. The highest BCUT2D eigenvalue weighted by atomic mass is 79.9. The van der Waals surface area contributed by atoms with Crippen LogP contribution in [0.4, 0.5) is 0 Å². The van der Waals surface area contributed by atoms with Crippen molar-refractivity contribution in [1.29, 1.82) is 0 Å². The van der Waals surface area contributed by atoms with Gasteiger partial charge in [0.1, 0.15) is 0 Å². The first kappa shape index (κ1) is 13.5. The summed E-state index contributed by atoms with van der Waals surface area (Å²) < 4.78 is 12.4. The maximum atomic E-state index is 5.52. The number of hydrogen-bond acceptors (Lipinski definition) is 2. The summed E-state index contributed by atoms with van der Waals surface area (Å²) in [4.78, 5) is 0. The molecule has 0 saturated carbocycles. The van der Waals surface area contributed by atoms with Gasteiger partial charge in [0, 0.05) is 18.8 Å². The van der Waals surface area contributed by atoms with Crippen molar-refractivity contribution in [1.82, 2.24) is 0 Å². The van der Waals surface area contributed by atoms with Crippen LogP contribution in [-0.2, 0) is 9.47 Å². The van der Waals surface area contributed by atoms with Crippen molar-refractivity contribution in [2.75, 3.05) is 13.2 Å². The zero-order chi connectivity index (χ0) is 11.1. The highest BCUT2D eigenvalue weighted by molar-refractivity contribution is 9.23. The van der Waals surface area contributed by atoms with Crippen LogP contribution < -0.4 is 3.69 Å². The fraction of sp³-hybridized carbons (Fsp3) is 0.455. The minimum atomic E-state index is -0.241. The molecular weight excluding hydrogens is 268 g/mol. The average Bonchev–Trinajstić information content (AvgIpc) is 2.29. The van der Waals surface area contributed by atoms with E-state index < -0.39 is 0 Å². The molecule has 0 aliphatic rings. The van der Waals surface area contributed by atoms with Crippen LogP contribution in [0.15, 0.2) is 24.3 Å². The molecule has 1 aromatic rings. The lowest BCUT2D eigenvalue weighted by atomic mass is 10.2. The van der Waals surface area contributed by atoms with E-state index >= 15 is 0 Å². The molecule has 15 heavy (non-hydrogen) atoms. The first-order chi connectivity index (χ1) is 7.31. The highest BCUT2D eigenvalue weighted by Gasteiger charge is 2.10. The lowest BCUT2D eigenvalue weighted by Crippen LogP contribution is -2.12. The van der Waals surface area contributed by atoms with Crippen molar-refractivity contribution in [2.45, 2.75) is 20.1 Å². The molecule has 0 N–H and O–H groups in total. The highest BCUT2D eigenvalue weighted by Crippen LogP contribution is 2.17. The molecule has 0 bridgehead atoms. The van der Waals surface area contributed by atoms with Crippen molar-refractivity contribution >= 4 is 34.8 Å². The lowest BCUT2D eigenvalue weighted by Gasteiger charge is -2.17. The van der Waals surface area contributed by atoms with Gasteiger partial charge in [-0.15, -0.1) is 0 Å². The van der Waals surface area contributed by atoms with Gasteiger partial charge in [0.05, 0.1) is 0 Å². The average molecular weight is 283 g/mol. The topological polar surface area (TPSA) is 18.5 Å². The Morgan fingerprint density at radius 1 is 1.13 bits per heavy atom. The second kappa shape index (κ2) is 7.63. The molecule has 1 rings (SSSR count). The predicted octanol–water partition coefficient (Wildman–Crippen LogP) is 2.40. The molecule has 1 aromatic carbocycles. The third-order valence-corrected chi connectivity index (χ3v) is 4.76. The van der Waals surface area contributed by atoms with Crippen LogP contribution in [0.2, 0.25) is 0 Å². The van der Waals surface area contributed by atoms with Gasteiger partial charge in [-0.2, -0.15) is 3.69 Å². The zero-order valence-electron chi connectivity index (χ0n) is 9.20. The molecule has 0 amide bonds. The first-order valence-corrected chi connectivity index (χ1v) is 9.80. The van der Waals surface area contributed by atoms with Crippen molar-refractivity contribution in [2.24, 2.45) is 0 Å². The second-order valence-electron chi connectivity index (χ2n) is 3.12. The van der Waals surface area contributed by atoms with Crippen molar-refractivity contribution < 1.29 is 9.47 Å². The lowest BCUT2D eigenvalue weighted by molar-refractivity contribution is -0.140. The molecule has 4 heteroatoms. The zero-order valence-corrected chi connectivity index (χ0v) is 12.2. The van der Waals surface area contributed by atoms with Crippen molar-refractivity contribution in [3.8, 4) is 0 Å². The standard InChI is InChI=1S/C11H15O2.BrH.Mg/c1-3-12-11(13-4-2)10-8-6-5-7-9-10;;/h6-9,11H,3-4H2,1-2H3;1H;/q;;+1/p-1. The van der Waals surface area contributed by atoms with Gasteiger partial charge >= 0.3 is 18.2 Å². The molecule has 0 aliphatic carbocycles. The summed E-state index contributed by atoms with van der Waals surface area (Å²) in [6.45, 7) is 5.29. The first-order valence-electron chi connectivity index (χ1n) is 5.19. The molecule has 0 saturated heterocycles. The summed E-state index contributed by atoms with van der Waals surface area (Å²) in [6, 6.07) is 8.45. The van der Waals surface area contributed by atoms with Gasteiger partial charge < -0.3 is 9.47 Å². The summed E-state index contributed by atoms with van der Waals surface area (Å²) in [5, 5.41) is 0. The molecular formula is C11H15BrMgO2. The number of benzene rings is 1. The minimum absolute atomic E-state index is 0.217. The van der Waals surface area contributed by atoms with E-state index in [1.165, 1.54) is 3.69 Å². The molecule has 0 radical (unpaired) electrons. The van der Waals surface area contributed by atoms with Crippen LogP contribution >= 0.6 is 12.9 Å².